The second kappa shape index (κ2) is 6.65. The monoisotopic (exact) mass is 281 g/mol. The molecule has 0 radical (unpaired) electrons. The third-order valence-electron chi connectivity index (χ3n) is 4.06. The second-order valence-electron chi connectivity index (χ2n) is 5.58. The Morgan fingerprint density at radius 1 is 1.35 bits per heavy atom. The molecule has 1 aromatic rings. The van der Waals surface area contributed by atoms with Crippen molar-refractivity contribution in [3.8, 4) is 0 Å². The number of hydrogen-bond acceptors (Lipinski definition) is 6. The molecule has 0 bridgehead atoms. The molecule has 2 fully saturated rings. The lowest BCUT2D eigenvalue weighted by molar-refractivity contribution is 0.00920. The van der Waals surface area contributed by atoms with Gasteiger partial charge in [-0.25, -0.2) is 0 Å². The lowest BCUT2D eigenvalue weighted by atomic mass is 10.2. The van der Waals surface area contributed by atoms with Crippen LogP contribution in [0.5, 0.6) is 0 Å². The number of aromatic nitrogens is 2. The Morgan fingerprint density at radius 3 is 3.05 bits per heavy atom. The third kappa shape index (κ3) is 3.37. The van der Waals surface area contributed by atoms with E-state index >= 15 is 0 Å². The molecule has 3 heterocycles. The van der Waals surface area contributed by atoms with Gasteiger partial charge in [-0.1, -0.05) is 5.16 Å². The maximum Gasteiger partial charge on any atom is 0.223 e. The van der Waals surface area contributed by atoms with Crippen molar-refractivity contribution in [2.45, 2.75) is 44.8 Å². The summed E-state index contributed by atoms with van der Waals surface area (Å²) in [4.78, 5) is 6.74. The normalized spacial score (nSPS) is 27.4. The molecule has 1 aromatic heterocycles. The van der Waals surface area contributed by atoms with Crippen LogP contribution < -0.4 is 0 Å². The summed E-state index contributed by atoms with van der Waals surface area (Å²) in [6, 6.07) is 0.291. The van der Waals surface area contributed by atoms with Crippen molar-refractivity contribution in [1.82, 2.24) is 15.0 Å². The fourth-order valence-electron chi connectivity index (χ4n) is 3.01. The van der Waals surface area contributed by atoms with Gasteiger partial charge in [0.1, 0.15) is 0 Å². The molecule has 0 amide bonds. The molecule has 2 saturated heterocycles. The number of likely N-dealkylation sites (tertiary alicyclic amines) is 1. The summed E-state index contributed by atoms with van der Waals surface area (Å²) in [5, 5.41) is 4.05. The number of aryl methyl sites for hydroxylation is 1. The molecule has 2 atom stereocenters. The van der Waals surface area contributed by atoms with Crippen molar-refractivity contribution < 1.29 is 14.0 Å². The van der Waals surface area contributed by atoms with Crippen LogP contribution in [0.15, 0.2) is 4.52 Å². The largest absolute Gasteiger partial charge is 0.377 e. The van der Waals surface area contributed by atoms with Gasteiger partial charge in [0.05, 0.1) is 25.4 Å². The molecule has 0 saturated carbocycles. The lowest BCUT2D eigenvalue weighted by Gasteiger charge is -2.22. The number of nitrogens with zero attached hydrogens (tertiary/aromatic N) is 3. The average molecular weight is 281 g/mol. The summed E-state index contributed by atoms with van der Waals surface area (Å²) >= 11 is 0. The minimum atomic E-state index is 0.291. The van der Waals surface area contributed by atoms with Gasteiger partial charge in [-0.05, 0) is 32.2 Å². The van der Waals surface area contributed by atoms with Gasteiger partial charge < -0.3 is 14.0 Å². The molecular weight excluding hydrogens is 258 g/mol. The average Bonchev–Trinajstić information content (AvgIpc) is 3.16. The minimum Gasteiger partial charge on any atom is -0.377 e. The van der Waals surface area contributed by atoms with Gasteiger partial charge in [-0.2, -0.15) is 4.98 Å². The Bertz CT molecular complexity index is 418. The lowest BCUT2D eigenvalue weighted by Crippen LogP contribution is -2.29. The van der Waals surface area contributed by atoms with Crippen molar-refractivity contribution in [3.63, 3.8) is 0 Å². The first-order valence-corrected chi connectivity index (χ1v) is 7.56. The summed E-state index contributed by atoms with van der Waals surface area (Å²) in [5.74, 6) is 1.46. The van der Waals surface area contributed by atoms with Gasteiger partial charge in [0.25, 0.3) is 0 Å². The van der Waals surface area contributed by atoms with Crippen molar-refractivity contribution in [2.24, 2.45) is 0 Å². The zero-order chi connectivity index (χ0) is 13.8. The van der Waals surface area contributed by atoms with E-state index in [0.29, 0.717) is 18.0 Å². The van der Waals surface area contributed by atoms with Gasteiger partial charge in [-0.15, -0.1) is 0 Å². The first-order chi connectivity index (χ1) is 9.83. The molecule has 0 aromatic carbocycles. The van der Waals surface area contributed by atoms with Crippen molar-refractivity contribution in [2.75, 3.05) is 32.9 Å². The predicted molar refractivity (Wildman–Crippen MR) is 72.4 cm³/mol. The Labute approximate surface area is 119 Å². The molecule has 112 valence electrons. The van der Waals surface area contributed by atoms with E-state index in [0.717, 1.165) is 51.6 Å². The zero-order valence-electron chi connectivity index (χ0n) is 12.1. The molecular formula is C14H23N3O3. The van der Waals surface area contributed by atoms with Crippen LogP contribution in [0.25, 0.3) is 0 Å². The maximum absolute atomic E-state index is 5.74. The van der Waals surface area contributed by atoms with E-state index in [1.54, 1.807) is 0 Å². The third-order valence-corrected chi connectivity index (χ3v) is 4.06. The highest BCUT2D eigenvalue weighted by Gasteiger charge is 2.29. The Kier molecular flexibility index (Phi) is 4.65. The van der Waals surface area contributed by atoms with Crippen LogP contribution in [0.3, 0.4) is 0 Å². The molecule has 0 unspecified atom stereocenters. The van der Waals surface area contributed by atoms with E-state index in [1.807, 2.05) is 6.92 Å². The SMILES string of the molecule is Cc1nc([C@@H]2CCCN2CCOC[C@@H]2CCCO2)no1. The van der Waals surface area contributed by atoms with Gasteiger partial charge in [0.15, 0.2) is 5.82 Å². The van der Waals surface area contributed by atoms with Crippen LogP contribution in [0.4, 0.5) is 0 Å². The topological polar surface area (TPSA) is 60.6 Å². The van der Waals surface area contributed by atoms with E-state index < -0.39 is 0 Å². The summed E-state index contributed by atoms with van der Waals surface area (Å²) in [7, 11) is 0. The summed E-state index contributed by atoms with van der Waals surface area (Å²) in [6.07, 6.45) is 4.90. The fourth-order valence-corrected chi connectivity index (χ4v) is 3.01. The molecule has 2 aliphatic heterocycles. The van der Waals surface area contributed by atoms with E-state index in [9.17, 15) is 0 Å². The van der Waals surface area contributed by atoms with E-state index in [2.05, 4.69) is 15.0 Å². The Morgan fingerprint density at radius 2 is 2.30 bits per heavy atom. The predicted octanol–water partition coefficient (Wildman–Crippen LogP) is 1.71. The standard InChI is InChI=1S/C14H23N3O3/c1-11-15-14(16-20-11)13-5-2-6-17(13)7-9-18-10-12-4-3-8-19-12/h12-13H,2-10H2,1H3/t12-,13-/m0/s1. The van der Waals surface area contributed by atoms with E-state index in [1.165, 1.54) is 12.8 Å². The van der Waals surface area contributed by atoms with E-state index in [4.69, 9.17) is 14.0 Å². The first-order valence-electron chi connectivity index (χ1n) is 7.56. The second-order valence-corrected chi connectivity index (χ2v) is 5.58. The quantitative estimate of drug-likeness (QED) is 0.740. The van der Waals surface area contributed by atoms with Gasteiger partial charge >= 0.3 is 0 Å². The molecule has 6 nitrogen and oxygen atoms in total. The molecule has 0 spiro atoms. The summed E-state index contributed by atoms with van der Waals surface area (Å²) in [5.41, 5.74) is 0. The highest BCUT2D eigenvalue weighted by molar-refractivity contribution is 4.97. The van der Waals surface area contributed by atoms with Gasteiger partial charge in [0, 0.05) is 20.1 Å². The minimum absolute atomic E-state index is 0.291. The molecule has 0 aliphatic carbocycles. The molecule has 3 rings (SSSR count). The van der Waals surface area contributed by atoms with E-state index in [-0.39, 0.29) is 0 Å². The number of ether oxygens (including phenoxy) is 2. The number of rotatable bonds is 6. The van der Waals surface area contributed by atoms with Crippen LogP contribution in [-0.4, -0.2) is 54.1 Å². The van der Waals surface area contributed by atoms with Crippen molar-refractivity contribution >= 4 is 0 Å². The number of hydrogen-bond donors (Lipinski definition) is 0. The maximum atomic E-state index is 5.74. The molecule has 2 aliphatic rings. The molecule has 6 heteroatoms. The van der Waals surface area contributed by atoms with Crippen LogP contribution in [-0.2, 0) is 9.47 Å². The van der Waals surface area contributed by atoms with Crippen LogP contribution >= 0.6 is 0 Å². The first kappa shape index (κ1) is 14.0. The summed E-state index contributed by atoms with van der Waals surface area (Å²) in [6.45, 7) is 6.19. The smallest absolute Gasteiger partial charge is 0.223 e. The highest BCUT2D eigenvalue weighted by Crippen LogP contribution is 2.29. The van der Waals surface area contributed by atoms with Crippen molar-refractivity contribution in [3.05, 3.63) is 11.7 Å². The molecule has 0 N–H and O–H groups in total. The summed E-state index contributed by atoms with van der Waals surface area (Å²) < 4.78 is 16.4. The fraction of sp³-hybridized carbons (Fsp3) is 0.857. The van der Waals surface area contributed by atoms with Gasteiger partial charge in [0.2, 0.25) is 5.89 Å². The van der Waals surface area contributed by atoms with Crippen LogP contribution in [0.2, 0.25) is 0 Å². The zero-order valence-corrected chi connectivity index (χ0v) is 12.1. The molecule has 20 heavy (non-hydrogen) atoms. The van der Waals surface area contributed by atoms with Crippen LogP contribution in [0.1, 0.15) is 43.4 Å². The van der Waals surface area contributed by atoms with Crippen LogP contribution in [0, 0.1) is 6.92 Å². The highest BCUT2D eigenvalue weighted by atomic mass is 16.5. The van der Waals surface area contributed by atoms with Crippen molar-refractivity contribution in [1.29, 1.82) is 0 Å². The Hall–Kier alpha value is -0.980. The Balaban J connectivity index is 1.42. The van der Waals surface area contributed by atoms with Gasteiger partial charge in [-0.3, -0.25) is 4.90 Å².